The van der Waals surface area contributed by atoms with E-state index in [2.05, 4.69) is 24.4 Å². The molecule has 0 fully saturated rings. The van der Waals surface area contributed by atoms with Crippen LogP contribution in [0.3, 0.4) is 0 Å². The van der Waals surface area contributed by atoms with E-state index in [0.29, 0.717) is 0 Å². The Kier molecular flexibility index (Phi) is 5.83. The number of rotatable bonds is 8. The van der Waals surface area contributed by atoms with Crippen molar-refractivity contribution in [1.29, 1.82) is 5.41 Å². The minimum Gasteiger partial charge on any atom is -0.494 e. The number of aryl methyl sites for hydroxylation is 1. The second-order valence-electron chi connectivity index (χ2n) is 5.29. The Labute approximate surface area is 131 Å². The first-order valence-corrected chi connectivity index (χ1v) is 7.53. The molecule has 0 bridgehead atoms. The highest BCUT2D eigenvalue weighted by Gasteiger charge is 1.98. The van der Waals surface area contributed by atoms with Gasteiger partial charge < -0.3 is 15.8 Å². The predicted octanol–water partition coefficient (Wildman–Crippen LogP) is 3.55. The Hall–Kier alpha value is -2.49. The summed E-state index contributed by atoms with van der Waals surface area (Å²) in [5.74, 6) is 1.02. The number of amidine groups is 1. The fourth-order valence-electron chi connectivity index (χ4n) is 2.08. The molecule has 0 radical (unpaired) electrons. The number of hydrogen-bond donors (Lipinski definition) is 3. The van der Waals surface area contributed by atoms with Crippen molar-refractivity contribution in [2.24, 2.45) is 5.73 Å². The van der Waals surface area contributed by atoms with Crippen molar-refractivity contribution >= 4 is 11.5 Å². The molecule has 0 aliphatic rings. The zero-order valence-electron chi connectivity index (χ0n) is 12.9. The van der Waals surface area contributed by atoms with Crippen molar-refractivity contribution < 1.29 is 4.74 Å². The normalized spacial score (nSPS) is 10.2. The molecular formula is C18H23N3O. The number of hydrogen-bond acceptors (Lipinski definition) is 3. The average molecular weight is 297 g/mol. The maximum absolute atomic E-state index is 7.43. The van der Waals surface area contributed by atoms with E-state index < -0.39 is 0 Å². The molecule has 0 amide bonds. The van der Waals surface area contributed by atoms with Gasteiger partial charge in [-0.1, -0.05) is 29.8 Å². The molecule has 0 unspecified atom stereocenters. The average Bonchev–Trinajstić information content (AvgIpc) is 2.52. The van der Waals surface area contributed by atoms with Gasteiger partial charge in [-0.05, 0) is 44.0 Å². The Morgan fingerprint density at radius 2 is 1.91 bits per heavy atom. The van der Waals surface area contributed by atoms with Gasteiger partial charge in [0.25, 0.3) is 0 Å². The smallest absolute Gasteiger partial charge is 0.122 e. The summed E-state index contributed by atoms with van der Waals surface area (Å²) in [4.78, 5) is 0. The number of nitrogens with one attached hydrogen (secondary N) is 2. The summed E-state index contributed by atoms with van der Waals surface area (Å²) in [5, 5.41) is 10.8. The summed E-state index contributed by atoms with van der Waals surface area (Å²) in [6, 6.07) is 15.7. The van der Waals surface area contributed by atoms with Crippen LogP contribution in [0.5, 0.6) is 5.75 Å². The summed E-state index contributed by atoms with van der Waals surface area (Å²) in [6.45, 7) is 3.66. The van der Waals surface area contributed by atoms with Crippen LogP contribution >= 0.6 is 0 Å². The van der Waals surface area contributed by atoms with E-state index in [9.17, 15) is 0 Å². The highest BCUT2D eigenvalue weighted by atomic mass is 16.5. The van der Waals surface area contributed by atoms with Crippen molar-refractivity contribution in [3.63, 3.8) is 0 Å². The van der Waals surface area contributed by atoms with Crippen molar-refractivity contribution in [2.75, 3.05) is 18.5 Å². The number of benzene rings is 2. The Morgan fingerprint density at radius 1 is 1.14 bits per heavy atom. The number of anilines is 1. The number of unbranched alkanes of at least 4 members (excludes halogenated alkanes) is 1. The van der Waals surface area contributed by atoms with Gasteiger partial charge in [0.1, 0.15) is 11.6 Å². The lowest BCUT2D eigenvalue weighted by Crippen LogP contribution is -2.11. The van der Waals surface area contributed by atoms with Gasteiger partial charge in [0.05, 0.1) is 6.61 Å². The van der Waals surface area contributed by atoms with Crippen LogP contribution in [0.15, 0.2) is 48.5 Å². The third-order valence-electron chi connectivity index (χ3n) is 3.36. The van der Waals surface area contributed by atoms with Crippen LogP contribution in [-0.2, 0) is 0 Å². The molecule has 0 saturated carbocycles. The molecule has 2 aromatic carbocycles. The van der Waals surface area contributed by atoms with Crippen molar-refractivity contribution in [3.05, 3.63) is 59.7 Å². The molecule has 0 aliphatic heterocycles. The summed E-state index contributed by atoms with van der Waals surface area (Å²) < 4.78 is 5.69. The van der Waals surface area contributed by atoms with Crippen molar-refractivity contribution in [1.82, 2.24) is 0 Å². The van der Waals surface area contributed by atoms with E-state index in [1.54, 1.807) is 0 Å². The predicted molar refractivity (Wildman–Crippen MR) is 91.9 cm³/mol. The molecule has 22 heavy (non-hydrogen) atoms. The van der Waals surface area contributed by atoms with E-state index in [-0.39, 0.29) is 5.84 Å². The molecule has 4 N–H and O–H groups in total. The third-order valence-corrected chi connectivity index (χ3v) is 3.36. The Morgan fingerprint density at radius 3 is 2.64 bits per heavy atom. The second-order valence-corrected chi connectivity index (χ2v) is 5.29. The molecule has 4 heteroatoms. The second kappa shape index (κ2) is 8.08. The van der Waals surface area contributed by atoms with Crippen LogP contribution in [-0.4, -0.2) is 19.0 Å². The van der Waals surface area contributed by atoms with Crippen LogP contribution in [0.4, 0.5) is 5.69 Å². The van der Waals surface area contributed by atoms with E-state index >= 15 is 0 Å². The van der Waals surface area contributed by atoms with Gasteiger partial charge in [-0.15, -0.1) is 0 Å². The highest BCUT2D eigenvalue weighted by molar-refractivity contribution is 5.95. The molecule has 0 heterocycles. The van der Waals surface area contributed by atoms with Crippen LogP contribution in [0, 0.1) is 12.3 Å². The minimum absolute atomic E-state index is 0.0927. The zero-order valence-corrected chi connectivity index (χ0v) is 12.9. The first-order chi connectivity index (χ1) is 10.6. The van der Waals surface area contributed by atoms with E-state index in [1.807, 2.05) is 36.4 Å². The largest absolute Gasteiger partial charge is 0.494 e. The minimum atomic E-state index is 0.0927. The van der Waals surface area contributed by atoms with Gasteiger partial charge in [0, 0.05) is 17.8 Å². The molecule has 2 aromatic rings. The van der Waals surface area contributed by atoms with Crippen LogP contribution in [0.2, 0.25) is 0 Å². The monoisotopic (exact) mass is 297 g/mol. The highest BCUT2D eigenvalue weighted by Crippen LogP contribution is 2.12. The molecule has 4 nitrogen and oxygen atoms in total. The first-order valence-electron chi connectivity index (χ1n) is 7.53. The summed E-state index contributed by atoms with van der Waals surface area (Å²) >= 11 is 0. The lowest BCUT2D eigenvalue weighted by molar-refractivity contribution is 0.308. The lowest BCUT2D eigenvalue weighted by Gasteiger charge is -2.09. The summed E-state index contributed by atoms with van der Waals surface area (Å²) in [6.07, 6.45) is 2.02. The standard InChI is InChI=1S/C18H23N3O/c1-14-7-9-17(10-8-14)22-12-3-2-11-21-16-6-4-5-15(13-16)18(19)20/h4-10,13,21H,2-3,11-12H2,1H3,(H3,19,20). The topological polar surface area (TPSA) is 71.1 Å². The van der Waals surface area contributed by atoms with Gasteiger partial charge in [0.2, 0.25) is 0 Å². The van der Waals surface area contributed by atoms with Gasteiger partial charge >= 0.3 is 0 Å². The maximum Gasteiger partial charge on any atom is 0.122 e. The SMILES string of the molecule is Cc1ccc(OCCCCNc2cccc(C(=N)N)c2)cc1. The van der Waals surface area contributed by atoms with E-state index in [1.165, 1.54) is 5.56 Å². The fraction of sp³-hybridized carbons (Fsp3) is 0.278. The summed E-state index contributed by atoms with van der Waals surface area (Å²) in [7, 11) is 0. The molecule has 2 rings (SSSR count). The Balaban J connectivity index is 1.64. The van der Waals surface area contributed by atoms with Gasteiger partial charge in [-0.3, -0.25) is 5.41 Å². The van der Waals surface area contributed by atoms with E-state index in [0.717, 1.165) is 43.0 Å². The molecule has 0 atom stereocenters. The maximum atomic E-state index is 7.43. The van der Waals surface area contributed by atoms with Gasteiger partial charge in [-0.2, -0.15) is 0 Å². The number of nitrogens with two attached hydrogens (primary N) is 1. The van der Waals surface area contributed by atoms with Crippen LogP contribution in [0.25, 0.3) is 0 Å². The third kappa shape index (κ3) is 5.13. The number of ether oxygens (including phenoxy) is 1. The van der Waals surface area contributed by atoms with Crippen LogP contribution < -0.4 is 15.8 Å². The molecular weight excluding hydrogens is 274 g/mol. The molecule has 116 valence electrons. The van der Waals surface area contributed by atoms with Gasteiger partial charge in [0.15, 0.2) is 0 Å². The Bertz CT molecular complexity index is 608. The van der Waals surface area contributed by atoms with E-state index in [4.69, 9.17) is 15.9 Å². The molecule has 0 aromatic heterocycles. The van der Waals surface area contributed by atoms with Crippen molar-refractivity contribution in [3.8, 4) is 5.75 Å². The fourth-order valence-corrected chi connectivity index (χ4v) is 2.08. The first kappa shape index (κ1) is 15.9. The molecule has 0 saturated heterocycles. The summed E-state index contributed by atoms with van der Waals surface area (Å²) in [5.41, 5.74) is 8.46. The quantitative estimate of drug-likeness (QED) is 0.396. The van der Waals surface area contributed by atoms with Crippen molar-refractivity contribution in [2.45, 2.75) is 19.8 Å². The van der Waals surface area contributed by atoms with Gasteiger partial charge in [-0.25, -0.2) is 0 Å². The zero-order chi connectivity index (χ0) is 15.8. The molecule has 0 aliphatic carbocycles. The number of nitrogen functional groups attached to an aromatic ring is 1. The lowest BCUT2D eigenvalue weighted by atomic mass is 10.2. The van der Waals surface area contributed by atoms with Crippen LogP contribution in [0.1, 0.15) is 24.0 Å². The molecule has 0 spiro atoms.